The van der Waals surface area contributed by atoms with Crippen molar-refractivity contribution in [1.29, 1.82) is 0 Å². The fraction of sp³-hybridized carbons (Fsp3) is 1.00. The summed E-state index contributed by atoms with van der Waals surface area (Å²) in [7, 11) is 0. The van der Waals surface area contributed by atoms with E-state index < -0.39 is 0 Å². The van der Waals surface area contributed by atoms with Gasteiger partial charge in [-0.1, -0.05) is 132 Å². The molecule has 14 rings (SSSR count). The number of hydrogen-bond donors (Lipinski definition) is 10. The molecule has 0 amide bonds. The van der Waals surface area contributed by atoms with E-state index in [-0.39, 0.29) is 127 Å². The van der Waals surface area contributed by atoms with Crippen molar-refractivity contribution in [2.75, 3.05) is 52.7 Å². The van der Waals surface area contributed by atoms with Crippen LogP contribution >= 0.6 is 0 Å². The van der Waals surface area contributed by atoms with Crippen LogP contribution in [0.3, 0.4) is 0 Å². The van der Waals surface area contributed by atoms with E-state index in [0.717, 1.165) is 142 Å². The lowest BCUT2D eigenvalue weighted by Crippen LogP contribution is -2.67. The zero-order chi connectivity index (χ0) is 63.0. The van der Waals surface area contributed by atoms with Gasteiger partial charge in [-0.3, -0.25) is 42.5 Å². The Hall–Kier alpha value is -0.640. The van der Waals surface area contributed by atoms with E-state index in [1.165, 1.54) is 89.9 Å². The predicted molar refractivity (Wildman–Crippen MR) is 366 cm³/mol. The number of ether oxygens (including phenoxy) is 6. The highest BCUT2D eigenvalue weighted by Gasteiger charge is 2.68. The second kappa shape index (κ2) is 31.5. The third kappa shape index (κ3) is 13.3. The molecule has 10 N–H and O–H groups in total. The maximum atomic E-state index is 7.78. The van der Waals surface area contributed by atoms with Gasteiger partial charge in [0.1, 0.15) is 0 Å². The Morgan fingerprint density at radius 2 is 0.543 bits per heavy atom. The molecule has 0 spiro atoms. The van der Waals surface area contributed by atoms with Crippen LogP contribution in [0.5, 0.6) is 0 Å². The molecule has 7 aliphatic heterocycles. The average Bonchev–Trinajstić information content (AvgIpc) is 1.53. The van der Waals surface area contributed by atoms with Gasteiger partial charge in [-0.05, 0) is 168 Å². The van der Waals surface area contributed by atoms with E-state index in [0.29, 0.717) is 65.2 Å². The Morgan fingerprint density at radius 3 is 0.946 bits per heavy atom. The van der Waals surface area contributed by atoms with Crippen LogP contribution in [0.4, 0.5) is 0 Å². The number of piperidine rings is 2. The maximum absolute atomic E-state index is 7.78. The second-order valence-corrected chi connectivity index (χ2v) is 33.4. The highest BCUT2D eigenvalue weighted by atomic mass is 16.5. The van der Waals surface area contributed by atoms with Crippen LogP contribution in [0.25, 0.3) is 0 Å². The van der Waals surface area contributed by atoms with Crippen LogP contribution in [-0.2, 0) is 28.4 Å². The molecule has 16 heteroatoms. The van der Waals surface area contributed by atoms with Gasteiger partial charge in [-0.2, -0.15) is 0 Å². The van der Waals surface area contributed by atoms with Gasteiger partial charge in [0, 0.05) is 93.2 Å². The molecule has 526 valence electrons. The van der Waals surface area contributed by atoms with Crippen molar-refractivity contribution in [3.63, 3.8) is 0 Å². The van der Waals surface area contributed by atoms with Crippen LogP contribution in [0.15, 0.2) is 0 Å². The number of fused-ring (bicyclic) bond motifs is 25. The smallest absolute Gasteiger partial charge is 0.0792 e. The van der Waals surface area contributed by atoms with Gasteiger partial charge in [-0.25, -0.2) is 0 Å². The number of hydrogen-bond acceptors (Lipinski definition) is 16. The first-order valence-corrected chi connectivity index (χ1v) is 40.5. The number of nitrogens with one attached hydrogen (secondary N) is 10. The molecule has 0 aromatic rings. The quantitative estimate of drug-likeness (QED) is 0.0413. The fourth-order valence-electron chi connectivity index (χ4n) is 24.5. The summed E-state index contributed by atoms with van der Waals surface area (Å²) in [4.78, 5) is 0. The molecule has 16 nitrogen and oxygen atoms in total. The minimum absolute atomic E-state index is 0.0103. The van der Waals surface area contributed by atoms with Gasteiger partial charge in [0.05, 0.1) is 86.0 Å². The Morgan fingerprint density at radius 1 is 0.272 bits per heavy atom. The van der Waals surface area contributed by atoms with E-state index in [9.17, 15) is 0 Å². The van der Waals surface area contributed by atoms with E-state index in [4.69, 9.17) is 49.7 Å². The summed E-state index contributed by atoms with van der Waals surface area (Å²) in [5.74, 6) is 7.53. The van der Waals surface area contributed by atoms with Crippen molar-refractivity contribution in [2.24, 2.45) is 107 Å². The molecule has 14 fully saturated rings. The topological polar surface area (TPSA) is 176 Å². The fourth-order valence-corrected chi connectivity index (χ4v) is 24.5. The van der Waals surface area contributed by atoms with Gasteiger partial charge < -0.3 is 39.1 Å². The van der Waals surface area contributed by atoms with E-state index in [2.05, 4.69) is 87.3 Å². The Balaban J connectivity index is 0.933. The minimum atomic E-state index is -0.0339. The summed E-state index contributed by atoms with van der Waals surface area (Å²) in [5.41, 5.74) is 0. The zero-order valence-corrected chi connectivity index (χ0v) is 59.1. The van der Waals surface area contributed by atoms with Gasteiger partial charge in [-0.15, -0.1) is 0 Å². The average molecular weight is 1290 g/mol. The summed E-state index contributed by atoms with van der Waals surface area (Å²) in [6, 6.07) is 0.545. The summed E-state index contributed by atoms with van der Waals surface area (Å²) in [6.07, 6.45) is 32.1. The molecule has 0 aromatic carbocycles. The summed E-state index contributed by atoms with van der Waals surface area (Å²) in [6.45, 7) is 26.4. The van der Waals surface area contributed by atoms with E-state index >= 15 is 0 Å². The molecular weight excluding hydrogens is 1150 g/mol. The molecule has 34 atom stereocenters. The van der Waals surface area contributed by atoms with Crippen molar-refractivity contribution < 1.29 is 28.4 Å². The molecule has 7 saturated carbocycles. The SMILES string of the molecule is CCCCOC1C2CCCCC2C(C)C2C3NC(NC4NC(NC5NC(NC6NC(N3)C3C(OCCCC)C7CCCNC7C(OCCCC)C63)C3C(C)C6CCCNC6C(OCCCC)C53)C3C(OCCCC)C5CC6CCCCC6CC5C(OCCCC)C43)C12. The van der Waals surface area contributed by atoms with Gasteiger partial charge in [0.15, 0.2) is 0 Å². The molecule has 7 saturated heterocycles. The van der Waals surface area contributed by atoms with Gasteiger partial charge >= 0.3 is 0 Å². The lowest BCUT2D eigenvalue weighted by molar-refractivity contribution is -0.186. The van der Waals surface area contributed by atoms with Crippen LogP contribution < -0.4 is 53.2 Å². The van der Waals surface area contributed by atoms with Gasteiger partial charge in [0.25, 0.3) is 0 Å². The highest BCUT2D eigenvalue weighted by Crippen LogP contribution is 2.59. The van der Waals surface area contributed by atoms with Crippen molar-refractivity contribution >= 4 is 0 Å². The lowest BCUT2D eigenvalue weighted by Gasteiger charge is -2.56. The van der Waals surface area contributed by atoms with Crippen LogP contribution in [0.2, 0.25) is 0 Å². The second-order valence-electron chi connectivity index (χ2n) is 33.4. The van der Waals surface area contributed by atoms with Crippen molar-refractivity contribution in [1.82, 2.24) is 53.2 Å². The molecule has 14 aliphatic rings. The first-order valence-electron chi connectivity index (χ1n) is 40.5. The Kier molecular flexibility index (Phi) is 23.4. The molecule has 7 aliphatic carbocycles. The number of rotatable bonds is 24. The van der Waals surface area contributed by atoms with Crippen molar-refractivity contribution in [3.8, 4) is 0 Å². The zero-order valence-electron chi connectivity index (χ0n) is 59.1. The first-order chi connectivity index (χ1) is 45.3. The van der Waals surface area contributed by atoms with Crippen molar-refractivity contribution in [3.05, 3.63) is 0 Å². The van der Waals surface area contributed by atoms with Crippen LogP contribution in [0.1, 0.15) is 222 Å². The molecule has 92 heavy (non-hydrogen) atoms. The molecule has 0 aromatic heterocycles. The Bertz CT molecular complexity index is 2130. The molecule has 7 heterocycles. The minimum Gasteiger partial charge on any atom is -0.378 e. The lowest BCUT2D eigenvalue weighted by atomic mass is 9.54. The first kappa shape index (κ1) is 68.5. The molecular formula is C76H136N10O6. The van der Waals surface area contributed by atoms with Gasteiger partial charge in [0.2, 0.25) is 0 Å². The third-order valence-corrected chi connectivity index (χ3v) is 28.6. The third-order valence-electron chi connectivity index (χ3n) is 28.6. The van der Waals surface area contributed by atoms with E-state index in [1.807, 2.05) is 0 Å². The maximum Gasteiger partial charge on any atom is 0.0792 e. The van der Waals surface area contributed by atoms with Crippen LogP contribution in [-0.4, -0.2) is 151 Å². The molecule has 34 unspecified atom stereocenters. The largest absolute Gasteiger partial charge is 0.378 e. The Labute approximate surface area is 558 Å². The normalized spacial score (nSPS) is 50.1. The van der Waals surface area contributed by atoms with E-state index in [1.54, 1.807) is 0 Å². The highest BCUT2D eigenvalue weighted by molar-refractivity contribution is 5.20. The standard InChI is InChI=1S/C76H136N10O6/c1-9-15-35-87-63-49-30-24-23-29-47(49)43(7)53-55(63)71-79-69(53)81-75-59-60(68(92-40-20-14-6)62-50(32-26-34-78-62)64(59)88-36-16-10-2)76(86-75)82-70-54-44(8)48-31-25-33-77-61(48)67(91-39-19-13-5)56(54)72(80-70)84-74-58-57(73(83-71)85-74)65(89-37-17-11-3)51-41-45-27-21-22-28-46(45)42-52(51)66(58)90-38-18-12-4/h43-86H,9-42H2,1-8H3. The summed E-state index contributed by atoms with van der Waals surface area (Å²) < 4.78 is 45.9. The van der Waals surface area contributed by atoms with Crippen molar-refractivity contribution in [2.45, 2.75) is 320 Å². The summed E-state index contributed by atoms with van der Waals surface area (Å²) >= 11 is 0. The number of unbranched alkanes of at least 4 members (excludes halogenated alkanes) is 6. The summed E-state index contributed by atoms with van der Waals surface area (Å²) in [5, 5.41) is 45.8. The predicted octanol–water partition coefficient (Wildman–Crippen LogP) is 10.1. The molecule has 0 radical (unpaired) electrons. The van der Waals surface area contributed by atoms with Crippen LogP contribution in [0, 0.1) is 107 Å². The molecule has 8 bridgehead atoms. The monoisotopic (exact) mass is 1290 g/mol.